The van der Waals surface area contributed by atoms with E-state index in [9.17, 15) is 33.0 Å². The number of rotatable bonds is 4. The topological polar surface area (TPSA) is 116 Å². The second-order valence-corrected chi connectivity index (χ2v) is 8.35. The number of anilines is 1. The number of carbonyl (C=O) groups is 2. The second kappa shape index (κ2) is 7.84. The van der Waals surface area contributed by atoms with Crippen molar-refractivity contribution in [1.82, 2.24) is 4.98 Å². The summed E-state index contributed by atoms with van der Waals surface area (Å²) in [5.74, 6) is -3.42. The lowest BCUT2D eigenvalue weighted by Crippen LogP contribution is -2.29. The van der Waals surface area contributed by atoms with Crippen molar-refractivity contribution >= 4 is 51.0 Å². The number of alkyl halides is 4. The van der Waals surface area contributed by atoms with Crippen molar-refractivity contribution in [2.24, 2.45) is 0 Å². The zero-order valence-corrected chi connectivity index (χ0v) is 18.6. The molecule has 12 heteroatoms. The number of furan rings is 1. The van der Waals surface area contributed by atoms with Crippen molar-refractivity contribution in [2.45, 2.75) is 12.1 Å². The lowest BCUT2D eigenvalue weighted by atomic mass is 9.95. The van der Waals surface area contributed by atoms with Gasteiger partial charge in [-0.25, -0.2) is 4.79 Å². The number of hydrogen-bond donors (Lipinski definition) is 3. The molecule has 0 bridgehead atoms. The number of aromatic amines is 1. The van der Waals surface area contributed by atoms with Crippen molar-refractivity contribution in [1.29, 1.82) is 0 Å². The number of aromatic hydroxyl groups is 1. The molecule has 3 heterocycles. The number of nitrogens with one attached hydrogen (secondary N) is 1. The minimum Gasteiger partial charge on any atom is -0.506 e. The standard InChI is InChI=1S/C23H16ClF3N2O6/c1-34-11-2-3-14-9(4-11)5-15(35-14)21(31)29-8-10(7-24)16-12(29)6-13(30)19-17(16)18(22(32)33)20(28-19)23(25,26)27/h2-6,10,28,30H,7-8H2,1H3,(H,32,33)/t10-/m1/s1. The Labute approximate surface area is 199 Å². The maximum atomic E-state index is 13.6. The van der Waals surface area contributed by atoms with Crippen molar-refractivity contribution in [3.05, 3.63) is 52.9 Å². The first-order chi connectivity index (χ1) is 16.5. The van der Waals surface area contributed by atoms with Gasteiger partial charge in [0, 0.05) is 35.2 Å². The molecule has 1 aliphatic rings. The highest BCUT2D eigenvalue weighted by Gasteiger charge is 2.43. The molecule has 1 amide bonds. The number of carboxylic acid groups (broad SMARTS) is 1. The molecule has 1 atom stereocenters. The molecule has 4 aromatic rings. The molecule has 0 spiro atoms. The van der Waals surface area contributed by atoms with Gasteiger partial charge in [-0.15, -0.1) is 11.6 Å². The van der Waals surface area contributed by atoms with Crippen LogP contribution in [-0.4, -0.2) is 46.6 Å². The van der Waals surface area contributed by atoms with Gasteiger partial charge in [-0.05, 0) is 29.8 Å². The molecular weight excluding hydrogens is 493 g/mol. The highest BCUT2D eigenvalue weighted by molar-refractivity contribution is 6.20. The van der Waals surface area contributed by atoms with Gasteiger partial charge < -0.3 is 29.3 Å². The summed E-state index contributed by atoms with van der Waals surface area (Å²) in [7, 11) is 1.49. The fourth-order valence-corrected chi connectivity index (χ4v) is 4.80. The van der Waals surface area contributed by atoms with Crippen LogP contribution in [0.1, 0.15) is 38.1 Å². The van der Waals surface area contributed by atoms with E-state index in [4.69, 9.17) is 20.8 Å². The Morgan fingerprint density at radius 1 is 1.29 bits per heavy atom. The molecule has 35 heavy (non-hydrogen) atoms. The van der Waals surface area contributed by atoms with Gasteiger partial charge in [-0.3, -0.25) is 4.79 Å². The first kappa shape index (κ1) is 22.9. The van der Waals surface area contributed by atoms with Crippen LogP contribution in [0, 0.1) is 0 Å². The molecule has 5 rings (SSSR count). The third-order valence-corrected chi connectivity index (χ3v) is 6.41. The molecule has 0 aliphatic carbocycles. The Morgan fingerprint density at radius 2 is 2.03 bits per heavy atom. The van der Waals surface area contributed by atoms with Gasteiger partial charge in [-0.1, -0.05) is 0 Å². The number of amides is 1. The Kier molecular flexibility index (Phi) is 5.13. The van der Waals surface area contributed by atoms with Crippen LogP contribution < -0.4 is 9.64 Å². The van der Waals surface area contributed by atoms with Crippen molar-refractivity contribution in [3.8, 4) is 11.5 Å². The van der Waals surface area contributed by atoms with Crippen LogP contribution in [0.4, 0.5) is 18.9 Å². The van der Waals surface area contributed by atoms with Crippen LogP contribution in [0.15, 0.2) is 34.7 Å². The van der Waals surface area contributed by atoms with E-state index in [1.54, 1.807) is 18.2 Å². The number of carbonyl (C=O) groups excluding carboxylic acids is 1. The van der Waals surface area contributed by atoms with Gasteiger partial charge in [0.05, 0.1) is 23.9 Å². The summed E-state index contributed by atoms with van der Waals surface area (Å²) in [5, 5.41) is 20.4. The Balaban J connectivity index is 1.70. The fraction of sp³-hybridized carbons (Fsp3) is 0.217. The number of hydrogen-bond acceptors (Lipinski definition) is 5. The normalized spacial score (nSPS) is 15.7. The number of methoxy groups -OCH3 is 1. The molecule has 3 N–H and O–H groups in total. The van der Waals surface area contributed by atoms with Crippen LogP contribution in [0.3, 0.4) is 0 Å². The molecule has 2 aromatic heterocycles. The summed E-state index contributed by atoms with van der Waals surface area (Å²) >= 11 is 6.10. The van der Waals surface area contributed by atoms with E-state index in [-0.39, 0.29) is 34.8 Å². The zero-order chi connectivity index (χ0) is 25.2. The summed E-state index contributed by atoms with van der Waals surface area (Å²) in [6.07, 6.45) is -5.02. The number of aromatic nitrogens is 1. The van der Waals surface area contributed by atoms with Gasteiger partial charge >= 0.3 is 12.1 Å². The summed E-state index contributed by atoms with van der Waals surface area (Å²) in [4.78, 5) is 28.5. The van der Waals surface area contributed by atoms with E-state index in [0.717, 1.165) is 6.07 Å². The van der Waals surface area contributed by atoms with Crippen molar-refractivity contribution in [3.63, 3.8) is 0 Å². The molecule has 182 valence electrons. The monoisotopic (exact) mass is 508 g/mol. The van der Waals surface area contributed by atoms with Gasteiger partial charge in [0.15, 0.2) is 5.76 Å². The van der Waals surface area contributed by atoms with Gasteiger partial charge in [0.2, 0.25) is 0 Å². The third-order valence-electron chi connectivity index (χ3n) is 6.04. The van der Waals surface area contributed by atoms with Crippen LogP contribution in [0.25, 0.3) is 21.9 Å². The Morgan fingerprint density at radius 3 is 2.66 bits per heavy atom. The fourth-order valence-electron chi connectivity index (χ4n) is 4.55. The van der Waals surface area contributed by atoms with Crippen molar-refractivity contribution < 1.29 is 42.1 Å². The molecule has 2 aromatic carbocycles. The Bertz CT molecular complexity index is 1520. The number of carboxylic acids is 1. The SMILES string of the molecule is COc1ccc2oc(C(=O)N3C[C@@H](CCl)c4c3cc(O)c3[nH]c(C(F)(F)F)c(C(=O)O)c43)cc2c1. The van der Waals surface area contributed by atoms with E-state index in [2.05, 4.69) is 0 Å². The summed E-state index contributed by atoms with van der Waals surface area (Å²) in [5.41, 5.74) is -2.35. The maximum Gasteiger partial charge on any atom is 0.432 e. The average Bonchev–Trinajstić information content (AvgIpc) is 3.50. The molecule has 0 fully saturated rings. The predicted molar refractivity (Wildman–Crippen MR) is 120 cm³/mol. The summed E-state index contributed by atoms with van der Waals surface area (Å²) in [6.45, 7) is -0.0534. The van der Waals surface area contributed by atoms with Gasteiger partial charge in [-0.2, -0.15) is 13.2 Å². The third kappa shape index (κ3) is 3.45. The van der Waals surface area contributed by atoms with Crippen LogP contribution in [-0.2, 0) is 6.18 Å². The molecular formula is C23H16ClF3N2O6. The molecule has 1 aliphatic heterocycles. The lowest BCUT2D eigenvalue weighted by molar-refractivity contribution is -0.141. The van der Waals surface area contributed by atoms with E-state index >= 15 is 0 Å². The van der Waals surface area contributed by atoms with E-state index in [1.807, 2.05) is 4.98 Å². The molecule has 0 unspecified atom stereocenters. The first-order valence-corrected chi connectivity index (χ1v) is 10.8. The maximum absolute atomic E-state index is 13.6. The number of halogens is 4. The van der Waals surface area contributed by atoms with E-state index in [0.29, 0.717) is 16.7 Å². The highest BCUT2D eigenvalue weighted by atomic mass is 35.5. The van der Waals surface area contributed by atoms with Gasteiger partial charge in [0.25, 0.3) is 5.91 Å². The van der Waals surface area contributed by atoms with Crippen LogP contribution >= 0.6 is 11.6 Å². The molecule has 0 saturated carbocycles. The zero-order valence-electron chi connectivity index (χ0n) is 17.9. The molecule has 0 saturated heterocycles. The minimum atomic E-state index is -5.02. The summed E-state index contributed by atoms with van der Waals surface area (Å²) in [6, 6.07) is 7.56. The van der Waals surface area contributed by atoms with Crippen LogP contribution in [0.5, 0.6) is 11.5 Å². The molecule has 8 nitrogen and oxygen atoms in total. The minimum absolute atomic E-state index is 0.0534. The van der Waals surface area contributed by atoms with Crippen molar-refractivity contribution in [2.75, 3.05) is 24.4 Å². The number of fused-ring (bicyclic) bond motifs is 4. The number of ether oxygens (including phenoxy) is 1. The second-order valence-electron chi connectivity index (χ2n) is 8.04. The number of nitrogens with zero attached hydrogens (tertiary/aromatic N) is 1. The predicted octanol–water partition coefficient (Wildman–Crippen LogP) is 5.33. The molecule has 0 radical (unpaired) electrons. The largest absolute Gasteiger partial charge is 0.506 e. The van der Waals surface area contributed by atoms with Gasteiger partial charge in [0.1, 0.15) is 22.8 Å². The summed E-state index contributed by atoms with van der Waals surface area (Å²) < 4.78 is 51.6. The first-order valence-electron chi connectivity index (χ1n) is 10.2. The Hall–Kier alpha value is -3.86. The smallest absolute Gasteiger partial charge is 0.432 e. The van der Waals surface area contributed by atoms with E-state index < -0.39 is 46.5 Å². The number of benzene rings is 2. The average molecular weight is 509 g/mol. The number of H-pyrrole nitrogens is 1. The highest BCUT2D eigenvalue weighted by Crippen LogP contribution is 2.49. The number of phenolic OH excluding ortho intramolecular Hbond substituents is 1. The lowest BCUT2D eigenvalue weighted by Gasteiger charge is -2.16. The van der Waals surface area contributed by atoms with Crippen LogP contribution in [0.2, 0.25) is 0 Å². The van der Waals surface area contributed by atoms with E-state index in [1.165, 1.54) is 18.1 Å². The number of phenols is 1. The number of aromatic carboxylic acids is 1. The quantitative estimate of drug-likeness (QED) is 0.321.